The first-order valence-electron chi connectivity index (χ1n) is 5.72. The van der Waals surface area contributed by atoms with E-state index in [1.807, 2.05) is 6.92 Å². The fraction of sp³-hybridized carbons (Fsp3) is 0.909. The van der Waals surface area contributed by atoms with E-state index in [4.69, 9.17) is 10.2 Å². The van der Waals surface area contributed by atoms with Crippen molar-refractivity contribution < 1.29 is 15.0 Å². The molecule has 0 saturated heterocycles. The molecule has 0 aromatic rings. The number of carbonyl (C=O) groups excluding carboxylic acids is 1. The Hall–Kier alpha value is -0.650. The van der Waals surface area contributed by atoms with Crippen molar-refractivity contribution in [3.05, 3.63) is 0 Å². The van der Waals surface area contributed by atoms with Crippen LogP contribution in [0.15, 0.2) is 0 Å². The summed E-state index contributed by atoms with van der Waals surface area (Å²) in [6.45, 7) is 6.37. The number of rotatable bonds is 8. The summed E-state index contributed by atoms with van der Waals surface area (Å²) < 4.78 is 0. The van der Waals surface area contributed by atoms with Crippen LogP contribution in [0, 0.1) is 5.41 Å². The summed E-state index contributed by atoms with van der Waals surface area (Å²) in [6, 6.07) is -0.316. The summed E-state index contributed by atoms with van der Waals surface area (Å²) in [5.41, 5.74) is -0.584. The summed E-state index contributed by atoms with van der Waals surface area (Å²) in [7, 11) is 0. The van der Waals surface area contributed by atoms with Gasteiger partial charge in [-0.05, 0) is 13.3 Å². The molecular weight excluding hydrogens is 208 g/mol. The molecule has 0 fully saturated rings. The lowest BCUT2D eigenvalue weighted by atomic mass is 9.93. The van der Waals surface area contributed by atoms with E-state index in [0.29, 0.717) is 13.1 Å². The zero-order valence-corrected chi connectivity index (χ0v) is 10.4. The number of amides is 1. The Balaban J connectivity index is 3.95. The van der Waals surface area contributed by atoms with E-state index in [2.05, 4.69) is 10.6 Å². The van der Waals surface area contributed by atoms with Crippen LogP contribution in [-0.2, 0) is 4.79 Å². The Morgan fingerprint density at radius 3 is 2.38 bits per heavy atom. The third-order valence-electron chi connectivity index (χ3n) is 2.54. The van der Waals surface area contributed by atoms with Crippen molar-refractivity contribution >= 4 is 5.91 Å². The van der Waals surface area contributed by atoms with Gasteiger partial charge in [-0.15, -0.1) is 0 Å². The van der Waals surface area contributed by atoms with Crippen molar-refractivity contribution in [2.75, 3.05) is 26.3 Å². The largest absolute Gasteiger partial charge is 0.396 e. The van der Waals surface area contributed by atoms with Crippen LogP contribution in [0.4, 0.5) is 0 Å². The molecule has 0 aliphatic heterocycles. The molecule has 0 aliphatic rings. The van der Waals surface area contributed by atoms with Gasteiger partial charge in [-0.2, -0.15) is 0 Å². The van der Waals surface area contributed by atoms with Crippen LogP contribution in [0.3, 0.4) is 0 Å². The first-order valence-corrected chi connectivity index (χ1v) is 5.72. The molecule has 1 amide bonds. The second kappa shape index (κ2) is 7.60. The first kappa shape index (κ1) is 15.3. The molecule has 0 aliphatic carbocycles. The van der Waals surface area contributed by atoms with E-state index in [1.165, 1.54) is 0 Å². The van der Waals surface area contributed by atoms with Gasteiger partial charge >= 0.3 is 0 Å². The topological polar surface area (TPSA) is 81.6 Å². The predicted molar refractivity (Wildman–Crippen MR) is 63.0 cm³/mol. The van der Waals surface area contributed by atoms with Gasteiger partial charge in [0.1, 0.15) is 0 Å². The van der Waals surface area contributed by atoms with Gasteiger partial charge in [0.25, 0.3) is 0 Å². The minimum absolute atomic E-state index is 0.0555. The van der Waals surface area contributed by atoms with Crippen LogP contribution in [0.5, 0.6) is 0 Å². The van der Waals surface area contributed by atoms with Gasteiger partial charge in [-0.1, -0.05) is 13.8 Å². The number of nitrogens with one attached hydrogen (secondary N) is 2. The average Bonchev–Trinajstić information content (AvgIpc) is 2.32. The van der Waals surface area contributed by atoms with E-state index in [-0.39, 0.29) is 25.2 Å². The van der Waals surface area contributed by atoms with Crippen LogP contribution in [-0.4, -0.2) is 48.5 Å². The van der Waals surface area contributed by atoms with Gasteiger partial charge in [0.05, 0.1) is 19.3 Å². The Bertz CT molecular complexity index is 205. The highest BCUT2D eigenvalue weighted by atomic mass is 16.3. The molecule has 16 heavy (non-hydrogen) atoms. The molecule has 5 heteroatoms. The summed E-state index contributed by atoms with van der Waals surface area (Å²) >= 11 is 0. The number of aliphatic hydroxyl groups is 2. The molecule has 0 radical (unpaired) electrons. The van der Waals surface area contributed by atoms with Crippen LogP contribution in [0.25, 0.3) is 0 Å². The summed E-state index contributed by atoms with van der Waals surface area (Å²) in [5.74, 6) is -0.0555. The van der Waals surface area contributed by atoms with Crippen LogP contribution < -0.4 is 10.6 Å². The lowest BCUT2D eigenvalue weighted by molar-refractivity contribution is -0.122. The summed E-state index contributed by atoms with van der Waals surface area (Å²) in [4.78, 5) is 11.5. The molecule has 4 N–H and O–H groups in total. The molecule has 0 rings (SSSR count). The molecule has 0 spiro atoms. The number of aliphatic hydroxyl groups excluding tert-OH is 2. The van der Waals surface area contributed by atoms with E-state index >= 15 is 0 Å². The standard InChI is InChI=1S/C11H24N2O3/c1-4-5-12-10(16)9(2)13-6-11(3,7-14)8-15/h9,13-15H,4-8H2,1-3H3,(H,12,16). The summed E-state index contributed by atoms with van der Waals surface area (Å²) in [6.07, 6.45) is 0.906. The average molecular weight is 232 g/mol. The maximum atomic E-state index is 11.5. The van der Waals surface area contributed by atoms with Gasteiger partial charge < -0.3 is 20.8 Å². The molecule has 0 saturated carbocycles. The van der Waals surface area contributed by atoms with Gasteiger partial charge in [0.15, 0.2) is 0 Å². The highest BCUT2D eigenvalue weighted by molar-refractivity contribution is 5.81. The molecule has 0 bridgehead atoms. The second-order valence-corrected chi connectivity index (χ2v) is 4.52. The molecular formula is C11H24N2O3. The molecule has 1 atom stereocenters. The van der Waals surface area contributed by atoms with Gasteiger partial charge in [-0.25, -0.2) is 0 Å². The zero-order chi connectivity index (χ0) is 12.6. The number of hydrogen-bond donors (Lipinski definition) is 4. The molecule has 5 nitrogen and oxygen atoms in total. The molecule has 96 valence electrons. The van der Waals surface area contributed by atoms with Crippen molar-refractivity contribution in [2.45, 2.75) is 33.2 Å². The van der Waals surface area contributed by atoms with E-state index in [9.17, 15) is 4.79 Å². The fourth-order valence-electron chi connectivity index (χ4n) is 1.06. The van der Waals surface area contributed by atoms with Crippen molar-refractivity contribution in [2.24, 2.45) is 5.41 Å². The van der Waals surface area contributed by atoms with E-state index in [0.717, 1.165) is 6.42 Å². The predicted octanol–water partition coefficient (Wildman–Crippen LogP) is -0.518. The van der Waals surface area contributed by atoms with Crippen molar-refractivity contribution in [3.63, 3.8) is 0 Å². The first-order chi connectivity index (χ1) is 7.49. The van der Waals surface area contributed by atoms with Crippen LogP contribution >= 0.6 is 0 Å². The minimum atomic E-state index is -0.584. The number of carbonyl (C=O) groups is 1. The molecule has 0 heterocycles. The fourth-order valence-corrected chi connectivity index (χ4v) is 1.06. The third-order valence-corrected chi connectivity index (χ3v) is 2.54. The van der Waals surface area contributed by atoms with Crippen LogP contribution in [0.2, 0.25) is 0 Å². The normalized spacial score (nSPS) is 13.6. The smallest absolute Gasteiger partial charge is 0.236 e. The number of hydrogen-bond acceptors (Lipinski definition) is 4. The minimum Gasteiger partial charge on any atom is -0.396 e. The van der Waals surface area contributed by atoms with Gasteiger partial charge in [0.2, 0.25) is 5.91 Å². The molecule has 1 unspecified atom stereocenters. The van der Waals surface area contributed by atoms with Crippen LogP contribution in [0.1, 0.15) is 27.2 Å². The van der Waals surface area contributed by atoms with E-state index < -0.39 is 5.41 Å². The Kier molecular flexibility index (Phi) is 7.29. The van der Waals surface area contributed by atoms with E-state index in [1.54, 1.807) is 13.8 Å². The summed E-state index contributed by atoms with van der Waals surface area (Å²) in [5, 5.41) is 23.9. The maximum absolute atomic E-state index is 11.5. The van der Waals surface area contributed by atoms with Crippen molar-refractivity contribution in [1.29, 1.82) is 0 Å². The van der Waals surface area contributed by atoms with Gasteiger partial charge in [0, 0.05) is 18.5 Å². The second-order valence-electron chi connectivity index (χ2n) is 4.52. The Morgan fingerprint density at radius 1 is 1.38 bits per heavy atom. The van der Waals surface area contributed by atoms with Gasteiger partial charge in [-0.3, -0.25) is 4.79 Å². The molecule has 0 aromatic heterocycles. The van der Waals surface area contributed by atoms with Crippen molar-refractivity contribution in [3.8, 4) is 0 Å². The highest BCUT2D eigenvalue weighted by Crippen LogP contribution is 2.12. The quantitative estimate of drug-likeness (QED) is 0.454. The molecule has 0 aromatic carbocycles. The monoisotopic (exact) mass is 232 g/mol. The Labute approximate surface area is 97.2 Å². The lowest BCUT2D eigenvalue weighted by Gasteiger charge is -2.26. The van der Waals surface area contributed by atoms with Crippen molar-refractivity contribution in [1.82, 2.24) is 10.6 Å². The lowest BCUT2D eigenvalue weighted by Crippen LogP contribution is -2.47. The third kappa shape index (κ3) is 5.44. The zero-order valence-electron chi connectivity index (χ0n) is 10.4. The SMILES string of the molecule is CCCNC(=O)C(C)NCC(C)(CO)CO. The maximum Gasteiger partial charge on any atom is 0.236 e. The Morgan fingerprint density at radius 2 is 1.94 bits per heavy atom. The highest BCUT2D eigenvalue weighted by Gasteiger charge is 2.24.